The van der Waals surface area contributed by atoms with Crippen molar-refractivity contribution in [3.63, 3.8) is 0 Å². The van der Waals surface area contributed by atoms with E-state index in [0.29, 0.717) is 12.8 Å². The molecule has 0 radical (unpaired) electrons. The Bertz CT molecular complexity index is 386. The summed E-state index contributed by atoms with van der Waals surface area (Å²) in [6, 6.07) is 7.69. The van der Waals surface area contributed by atoms with Gasteiger partial charge >= 0.3 is 5.97 Å². The van der Waals surface area contributed by atoms with Gasteiger partial charge in [-0.05, 0) is 31.0 Å². The highest BCUT2D eigenvalue weighted by atomic mass is 35.5. The first-order chi connectivity index (χ1) is 7.66. The molecule has 1 N–H and O–H groups in total. The number of piperidine rings is 1. The third-order valence-electron chi connectivity index (χ3n) is 3.02. The van der Waals surface area contributed by atoms with Crippen molar-refractivity contribution in [1.82, 2.24) is 0 Å². The van der Waals surface area contributed by atoms with Crippen LogP contribution in [0.25, 0.3) is 0 Å². The lowest BCUT2D eigenvalue weighted by Gasteiger charge is -2.31. The van der Waals surface area contributed by atoms with E-state index < -0.39 is 5.97 Å². The summed E-state index contributed by atoms with van der Waals surface area (Å²) in [5.41, 5.74) is 1.08. The Kier molecular flexibility index (Phi) is 3.34. The number of rotatable bonds is 2. The zero-order valence-electron chi connectivity index (χ0n) is 8.90. The Labute approximate surface area is 99.6 Å². The maximum atomic E-state index is 10.8. The van der Waals surface area contributed by atoms with Crippen molar-refractivity contribution in [1.29, 1.82) is 0 Å². The Morgan fingerprint density at radius 3 is 2.62 bits per heavy atom. The number of benzene rings is 1. The predicted molar refractivity (Wildman–Crippen MR) is 64.0 cm³/mol. The van der Waals surface area contributed by atoms with E-state index in [1.165, 1.54) is 0 Å². The molecule has 1 heterocycles. The van der Waals surface area contributed by atoms with Gasteiger partial charge < -0.3 is 10.0 Å². The first-order valence-corrected chi connectivity index (χ1v) is 5.78. The van der Waals surface area contributed by atoms with Crippen LogP contribution in [-0.4, -0.2) is 24.2 Å². The molecule has 0 spiro atoms. The van der Waals surface area contributed by atoms with Crippen LogP contribution >= 0.6 is 11.6 Å². The van der Waals surface area contributed by atoms with E-state index >= 15 is 0 Å². The Hall–Kier alpha value is -1.22. The number of carboxylic acid groups (broad SMARTS) is 1. The minimum atomic E-state index is -0.675. The quantitative estimate of drug-likeness (QED) is 0.863. The zero-order valence-corrected chi connectivity index (χ0v) is 9.65. The molecule has 0 bridgehead atoms. The standard InChI is InChI=1S/C12H14ClNO2/c13-10-2-1-3-11(8-10)14-6-4-9(5-7-14)12(15)16/h1-3,8-9H,4-7H2,(H,15,16). The predicted octanol–water partition coefficient (Wildman–Crippen LogP) is 2.64. The molecule has 1 aromatic rings. The molecule has 1 aliphatic rings. The fourth-order valence-electron chi connectivity index (χ4n) is 2.06. The van der Waals surface area contributed by atoms with Gasteiger partial charge in [0, 0.05) is 23.8 Å². The lowest BCUT2D eigenvalue weighted by atomic mass is 9.97. The summed E-state index contributed by atoms with van der Waals surface area (Å²) < 4.78 is 0. The minimum Gasteiger partial charge on any atom is -0.481 e. The second-order valence-corrected chi connectivity index (χ2v) is 4.52. The minimum absolute atomic E-state index is 0.185. The molecule has 86 valence electrons. The normalized spacial score (nSPS) is 17.4. The number of hydrogen-bond acceptors (Lipinski definition) is 2. The maximum absolute atomic E-state index is 10.8. The molecule has 1 aromatic carbocycles. The summed E-state index contributed by atoms with van der Waals surface area (Å²) in [5, 5.41) is 9.62. The van der Waals surface area contributed by atoms with Crippen molar-refractivity contribution >= 4 is 23.3 Å². The summed E-state index contributed by atoms with van der Waals surface area (Å²) in [5.74, 6) is -0.860. The number of hydrogen-bond donors (Lipinski definition) is 1. The van der Waals surface area contributed by atoms with E-state index in [9.17, 15) is 4.79 Å². The highest BCUT2D eigenvalue weighted by Gasteiger charge is 2.24. The van der Waals surface area contributed by atoms with E-state index in [0.717, 1.165) is 23.8 Å². The third kappa shape index (κ3) is 2.47. The summed E-state index contributed by atoms with van der Waals surface area (Å²) >= 11 is 5.92. The van der Waals surface area contributed by atoms with Crippen LogP contribution in [0.5, 0.6) is 0 Å². The lowest BCUT2D eigenvalue weighted by molar-refractivity contribution is -0.142. The van der Waals surface area contributed by atoms with Crippen LogP contribution < -0.4 is 4.90 Å². The number of halogens is 1. The van der Waals surface area contributed by atoms with Crippen LogP contribution in [0.2, 0.25) is 5.02 Å². The molecule has 0 aromatic heterocycles. The molecular formula is C12H14ClNO2. The first kappa shape index (κ1) is 11.3. The van der Waals surface area contributed by atoms with Crippen molar-refractivity contribution in [2.75, 3.05) is 18.0 Å². The molecular weight excluding hydrogens is 226 g/mol. The molecule has 1 aliphatic heterocycles. The maximum Gasteiger partial charge on any atom is 0.306 e. The van der Waals surface area contributed by atoms with Crippen molar-refractivity contribution < 1.29 is 9.90 Å². The van der Waals surface area contributed by atoms with Crippen LogP contribution in [0.1, 0.15) is 12.8 Å². The molecule has 2 rings (SSSR count). The second kappa shape index (κ2) is 4.74. The average molecular weight is 240 g/mol. The molecule has 0 unspecified atom stereocenters. The molecule has 1 fully saturated rings. The van der Waals surface area contributed by atoms with Crippen molar-refractivity contribution in [3.8, 4) is 0 Å². The van der Waals surface area contributed by atoms with Gasteiger partial charge in [-0.15, -0.1) is 0 Å². The number of carbonyl (C=O) groups is 1. The number of nitrogens with zero attached hydrogens (tertiary/aromatic N) is 1. The van der Waals surface area contributed by atoms with Gasteiger partial charge in [0.2, 0.25) is 0 Å². The molecule has 16 heavy (non-hydrogen) atoms. The molecule has 0 amide bonds. The van der Waals surface area contributed by atoms with Gasteiger partial charge in [-0.1, -0.05) is 17.7 Å². The zero-order chi connectivity index (χ0) is 11.5. The van der Waals surface area contributed by atoms with Crippen LogP contribution in [0, 0.1) is 5.92 Å². The Morgan fingerprint density at radius 2 is 2.06 bits per heavy atom. The summed E-state index contributed by atoms with van der Waals surface area (Å²) in [6.45, 7) is 1.58. The monoisotopic (exact) mass is 239 g/mol. The van der Waals surface area contributed by atoms with E-state index in [1.807, 2.05) is 24.3 Å². The summed E-state index contributed by atoms with van der Waals surface area (Å²) in [6.07, 6.45) is 1.42. The third-order valence-corrected chi connectivity index (χ3v) is 3.25. The van der Waals surface area contributed by atoms with Crippen molar-refractivity contribution in [2.24, 2.45) is 5.92 Å². The second-order valence-electron chi connectivity index (χ2n) is 4.08. The van der Waals surface area contributed by atoms with Gasteiger partial charge in [0.05, 0.1) is 5.92 Å². The van der Waals surface area contributed by atoms with E-state index in [1.54, 1.807) is 0 Å². The highest BCUT2D eigenvalue weighted by Crippen LogP contribution is 2.25. The molecule has 0 saturated carbocycles. The van der Waals surface area contributed by atoms with Crippen molar-refractivity contribution in [3.05, 3.63) is 29.3 Å². The van der Waals surface area contributed by atoms with Gasteiger partial charge in [-0.3, -0.25) is 4.79 Å². The highest BCUT2D eigenvalue weighted by molar-refractivity contribution is 6.30. The summed E-state index contributed by atoms with van der Waals surface area (Å²) in [4.78, 5) is 13.0. The van der Waals surface area contributed by atoms with E-state index in [2.05, 4.69) is 4.90 Å². The van der Waals surface area contributed by atoms with Crippen LogP contribution in [0.4, 0.5) is 5.69 Å². The van der Waals surface area contributed by atoms with E-state index in [4.69, 9.17) is 16.7 Å². The molecule has 1 saturated heterocycles. The SMILES string of the molecule is O=C(O)C1CCN(c2cccc(Cl)c2)CC1. The van der Waals surface area contributed by atoms with Gasteiger partial charge in [0.15, 0.2) is 0 Å². The molecule has 0 aliphatic carbocycles. The van der Waals surface area contributed by atoms with E-state index in [-0.39, 0.29) is 5.92 Å². The lowest BCUT2D eigenvalue weighted by Crippen LogP contribution is -2.36. The first-order valence-electron chi connectivity index (χ1n) is 5.40. The number of anilines is 1. The topological polar surface area (TPSA) is 40.5 Å². The van der Waals surface area contributed by atoms with Gasteiger partial charge in [0.25, 0.3) is 0 Å². The van der Waals surface area contributed by atoms with Crippen LogP contribution in [-0.2, 0) is 4.79 Å². The van der Waals surface area contributed by atoms with Crippen LogP contribution in [0.3, 0.4) is 0 Å². The molecule has 3 nitrogen and oxygen atoms in total. The molecule has 0 atom stereocenters. The van der Waals surface area contributed by atoms with Crippen molar-refractivity contribution in [2.45, 2.75) is 12.8 Å². The fourth-order valence-corrected chi connectivity index (χ4v) is 2.24. The smallest absolute Gasteiger partial charge is 0.306 e. The summed E-state index contributed by atoms with van der Waals surface area (Å²) in [7, 11) is 0. The number of carboxylic acids is 1. The van der Waals surface area contributed by atoms with Gasteiger partial charge in [-0.25, -0.2) is 0 Å². The molecule has 4 heteroatoms. The largest absolute Gasteiger partial charge is 0.481 e. The fraction of sp³-hybridized carbons (Fsp3) is 0.417. The van der Waals surface area contributed by atoms with Gasteiger partial charge in [0.1, 0.15) is 0 Å². The Balaban J connectivity index is 2.01. The number of aliphatic carboxylic acids is 1. The average Bonchev–Trinajstić information content (AvgIpc) is 2.29. The Morgan fingerprint density at radius 1 is 1.38 bits per heavy atom. The van der Waals surface area contributed by atoms with Crippen LogP contribution in [0.15, 0.2) is 24.3 Å². The van der Waals surface area contributed by atoms with Gasteiger partial charge in [-0.2, -0.15) is 0 Å².